The summed E-state index contributed by atoms with van der Waals surface area (Å²) in [7, 11) is 4.22. The number of aromatic nitrogens is 1. The summed E-state index contributed by atoms with van der Waals surface area (Å²) in [5.41, 5.74) is 4.14. The van der Waals surface area contributed by atoms with Crippen LogP contribution < -0.4 is 5.32 Å². The Labute approximate surface area is 128 Å². The topological polar surface area (TPSA) is 20.2 Å². The fourth-order valence-corrected chi connectivity index (χ4v) is 2.56. The molecule has 0 atom stereocenters. The predicted molar refractivity (Wildman–Crippen MR) is 89.1 cm³/mol. The first kappa shape index (κ1) is 15.8. The lowest BCUT2D eigenvalue weighted by Gasteiger charge is -2.14. The molecular weight excluding hydrogens is 258 g/mol. The van der Waals surface area contributed by atoms with Crippen molar-refractivity contribution < 1.29 is 0 Å². The number of aryl methyl sites for hydroxylation is 1. The van der Waals surface area contributed by atoms with Gasteiger partial charge >= 0.3 is 0 Å². The van der Waals surface area contributed by atoms with Gasteiger partial charge < -0.3 is 14.8 Å². The second-order valence-corrected chi connectivity index (χ2v) is 5.87. The zero-order valence-corrected chi connectivity index (χ0v) is 13.5. The quantitative estimate of drug-likeness (QED) is 0.803. The Morgan fingerprint density at radius 3 is 2.52 bits per heavy atom. The third kappa shape index (κ3) is 5.03. The third-order valence-electron chi connectivity index (χ3n) is 3.54. The highest BCUT2D eigenvalue weighted by Gasteiger charge is 2.03. The summed E-state index contributed by atoms with van der Waals surface area (Å²) in [6, 6.07) is 10.9. The van der Waals surface area contributed by atoms with Crippen LogP contribution in [-0.4, -0.2) is 23.6 Å². The molecule has 0 unspecified atom stereocenters. The van der Waals surface area contributed by atoms with Crippen molar-refractivity contribution in [3.05, 3.63) is 59.4 Å². The molecule has 0 aliphatic rings. The molecule has 21 heavy (non-hydrogen) atoms. The van der Waals surface area contributed by atoms with Crippen molar-refractivity contribution in [1.29, 1.82) is 0 Å². The molecule has 1 aromatic heterocycles. The van der Waals surface area contributed by atoms with E-state index in [4.69, 9.17) is 0 Å². The largest absolute Gasteiger partial charge is 0.354 e. The maximum atomic E-state index is 3.56. The Balaban J connectivity index is 1.87. The highest BCUT2D eigenvalue weighted by Crippen LogP contribution is 2.11. The van der Waals surface area contributed by atoms with Crippen molar-refractivity contribution in [2.75, 3.05) is 14.1 Å². The highest BCUT2D eigenvalue weighted by molar-refractivity contribution is 5.27. The van der Waals surface area contributed by atoms with Crippen molar-refractivity contribution in [3.8, 4) is 0 Å². The third-order valence-corrected chi connectivity index (χ3v) is 3.54. The molecule has 0 bridgehead atoms. The van der Waals surface area contributed by atoms with Crippen LogP contribution in [0.25, 0.3) is 0 Å². The van der Waals surface area contributed by atoms with E-state index in [1.165, 1.54) is 23.1 Å². The number of nitrogens with zero attached hydrogens (tertiary/aromatic N) is 2. The molecule has 2 rings (SSSR count). The SMILES string of the molecule is CCCn1ccc(CNCc2ccccc2CN(C)C)c1. The van der Waals surface area contributed by atoms with Crippen molar-refractivity contribution in [3.63, 3.8) is 0 Å². The minimum atomic E-state index is 0.920. The Hall–Kier alpha value is -1.58. The molecule has 1 aromatic carbocycles. The Morgan fingerprint density at radius 2 is 1.81 bits per heavy atom. The lowest BCUT2D eigenvalue weighted by molar-refractivity contribution is 0.400. The molecule has 0 amide bonds. The molecule has 1 heterocycles. The van der Waals surface area contributed by atoms with Gasteiger partial charge in [0.15, 0.2) is 0 Å². The predicted octanol–water partition coefficient (Wildman–Crippen LogP) is 3.25. The minimum Gasteiger partial charge on any atom is -0.354 e. The maximum Gasteiger partial charge on any atom is 0.0230 e. The zero-order valence-electron chi connectivity index (χ0n) is 13.5. The van der Waals surface area contributed by atoms with Gasteiger partial charge in [0.2, 0.25) is 0 Å². The van der Waals surface area contributed by atoms with Crippen LogP contribution in [0.3, 0.4) is 0 Å². The summed E-state index contributed by atoms with van der Waals surface area (Å²) < 4.78 is 2.26. The van der Waals surface area contributed by atoms with Gasteiger partial charge in [0.25, 0.3) is 0 Å². The van der Waals surface area contributed by atoms with E-state index in [1.807, 2.05) is 0 Å². The van der Waals surface area contributed by atoms with Gasteiger partial charge in [0.1, 0.15) is 0 Å². The molecule has 0 radical (unpaired) electrons. The molecule has 0 aliphatic heterocycles. The summed E-state index contributed by atoms with van der Waals surface area (Å²) >= 11 is 0. The first-order chi connectivity index (χ1) is 10.2. The van der Waals surface area contributed by atoms with Crippen molar-refractivity contribution in [1.82, 2.24) is 14.8 Å². The highest BCUT2D eigenvalue weighted by atomic mass is 15.0. The molecule has 0 aliphatic carbocycles. The molecule has 0 saturated carbocycles. The summed E-state index contributed by atoms with van der Waals surface area (Å²) in [5, 5.41) is 3.56. The van der Waals surface area contributed by atoms with Gasteiger partial charge in [-0.15, -0.1) is 0 Å². The molecule has 0 fully saturated rings. The standard InChI is InChI=1S/C18H27N3/c1-4-10-21-11-9-16(14-21)12-19-13-17-7-5-6-8-18(17)15-20(2)3/h5-9,11,14,19H,4,10,12-13,15H2,1-3H3. The van der Waals surface area contributed by atoms with Crippen molar-refractivity contribution in [2.24, 2.45) is 0 Å². The lowest BCUT2D eigenvalue weighted by Crippen LogP contribution is -2.17. The Bertz CT molecular complexity index is 543. The van der Waals surface area contributed by atoms with E-state index in [-0.39, 0.29) is 0 Å². The maximum absolute atomic E-state index is 3.56. The lowest BCUT2D eigenvalue weighted by atomic mass is 10.1. The average molecular weight is 285 g/mol. The molecule has 0 spiro atoms. The Morgan fingerprint density at radius 1 is 1.05 bits per heavy atom. The summed E-state index contributed by atoms with van der Waals surface area (Å²) in [6.45, 7) is 6.14. The normalized spacial score (nSPS) is 11.2. The molecule has 3 heteroatoms. The molecule has 2 aromatic rings. The zero-order chi connectivity index (χ0) is 15.1. The number of benzene rings is 1. The van der Waals surface area contributed by atoms with Gasteiger partial charge in [-0.2, -0.15) is 0 Å². The fraction of sp³-hybridized carbons (Fsp3) is 0.444. The van der Waals surface area contributed by atoms with E-state index in [0.29, 0.717) is 0 Å². The van der Waals surface area contributed by atoms with Gasteiger partial charge in [0.05, 0.1) is 0 Å². The fourth-order valence-electron chi connectivity index (χ4n) is 2.56. The van der Waals surface area contributed by atoms with E-state index in [1.54, 1.807) is 0 Å². The van der Waals surface area contributed by atoms with E-state index in [2.05, 4.69) is 78.5 Å². The van der Waals surface area contributed by atoms with E-state index < -0.39 is 0 Å². The van der Waals surface area contributed by atoms with E-state index in [0.717, 1.165) is 26.2 Å². The van der Waals surface area contributed by atoms with E-state index in [9.17, 15) is 0 Å². The van der Waals surface area contributed by atoms with Crippen LogP contribution in [0.15, 0.2) is 42.7 Å². The van der Waals surface area contributed by atoms with Gasteiger partial charge in [0, 0.05) is 38.6 Å². The summed E-state index contributed by atoms with van der Waals surface area (Å²) in [5.74, 6) is 0. The molecular formula is C18H27N3. The number of hydrogen-bond acceptors (Lipinski definition) is 2. The smallest absolute Gasteiger partial charge is 0.0230 e. The van der Waals surface area contributed by atoms with Gasteiger partial charge in [-0.05, 0) is 43.3 Å². The summed E-state index contributed by atoms with van der Waals surface area (Å²) in [4.78, 5) is 2.21. The van der Waals surface area contributed by atoms with Gasteiger partial charge in [-0.1, -0.05) is 31.2 Å². The molecule has 114 valence electrons. The molecule has 1 N–H and O–H groups in total. The van der Waals surface area contributed by atoms with Crippen LogP contribution in [0.4, 0.5) is 0 Å². The monoisotopic (exact) mass is 285 g/mol. The van der Waals surface area contributed by atoms with Crippen LogP contribution in [0.5, 0.6) is 0 Å². The van der Waals surface area contributed by atoms with Crippen LogP contribution >= 0.6 is 0 Å². The van der Waals surface area contributed by atoms with Crippen LogP contribution in [-0.2, 0) is 26.2 Å². The summed E-state index contributed by atoms with van der Waals surface area (Å²) in [6.07, 6.45) is 5.59. The van der Waals surface area contributed by atoms with Crippen molar-refractivity contribution >= 4 is 0 Å². The minimum absolute atomic E-state index is 0.920. The molecule has 3 nitrogen and oxygen atoms in total. The van der Waals surface area contributed by atoms with Crippen molar-refractivity contribution in [2.45, 2.75) is 39.5 Å². The number of hydrogen-bond donors (Lipinski definition) is 1. The second-order valence-electron chi connectivity index (χ2n) is 5.87. The van der Waals surface area contributed by atoms with Crippen LogP contribution in [0, 0.1) is 0 Å². The van der Waals surface area contributed by atoms with Crippen LogP contribution in [0.1, 0.15) is 30.0 Å². The van der Waals surface area contributed by atoms with Crippen LogP contribution in [0.2, 0.25) is 0 Å². The first-order valence-electron chi connectivity index (χ1n) is 7.76. The number of nitrogens with one attached hydrogen (secondary N) is 1. The average Bonchev–Trinajstić information content (AvgIpc) is 2.88. The van der Waals surface area contributed by atoms with Gasteiger partial charge in [-0.3, -0.25) is 0 Å². The molecule has 0 saturated heterocycles. The Kier molecular flexibility index (Phi) is 6.03. The van der Waals surface area contributed by atoms with Gasteiger partial charge in [-0.25, -0.2) is 0 Å². The second kappa shape index (κ2) is 8.01. The first-order valence-corrected chi connectivity index (χ1v) is 7.76. The number of rotatable bonds is 8. The van der Waals surface area contributed by atoms with E-state index >= 15 is 0 Å².